The Bertz CT molecular complexity index is 560. The molecule has 1 amide bonds. The largest absolute Gasteiger partial charge is 0.339 e. The summed E-state index contributed by atoms with van der Waals surface area (Å²) in [6.07, 6.45) is 6.24. The number of hydrogen-bond acceptors (Lipinski definition) is 5. The zero-order valence-corrected chi connectivity index (χ0v) is 10.8. The number of rotatable bonds is 1. The number of pyridine rings is 1. The number of carbonyl (C=O) groups excluding carboxylic acids is 1. The second-order valence-corrected chi connectivity index (χ2v) is 5.07. The minimum absolute atomic E-state index is 0.0688. The van der Waals surface area contributed by atoms with Gasteiger partial charge in [0.25, 0.3) is 5.91 Å². The number of nitrogens with zero attached hydrogens (tertiary/aromatic N) is 4. The van der Waals surface area contributed by atoms with Crippen LogP contribution < -0.4 is 0 Å². The maximum Gasteiger partial charge on any atom is 0.255 e. The van der Waals surface area contributed by atoms with Crippen molar-refractivity contribution in [1.82, 2.24) is 18.6 Å². The Balaban J connectivity index is 1.85. The van der Waals surface area contributed by atoms with Crippen LogP contribution in [0.4, 0.5) is 0 Å². The van der Waals surface area contributed by atoms with Crippen LogP contribution in [0, 0.1) is 0 Å². The van der Waals surface area contributed by atoms with Crippen LogP contribution in [0.15, 0.2) is 12.3 Å². The number of aromatic nitrogens is 3. The number of fused-ring (bicyclic) bond motifs is 1. The molecule has 6 heteroatoms. The van der Waals surface area contributed by atoms with Gasteiger partial charge in [-0.3, -0.25) is 4.79 Å². The smallest absolute Gasteiger partial charge is 0.255 e. The van der Waals surface area contributed by atoms with E-state index >= 15 is 0 Å². The second-order valence-electron chi connectivity index (χ2n) is 4.54. The minimum Gasteiger partial charge on any atom is -0.339 e. The molecule has 18 heavy (non-hydrogen) atoms. The molecule has 3 rings (SSSR count). The van der Waals surface area contributed by atoms with Crippen LogP contribution in [0.1, 0.15) is 36.0 Å². The van der Waals surface area contributed by atoms with E-state index in [-0.39, 0.29) is 5.91 Å². The number of amides is 1. The van der Waals surface area contributed by atoms with Gasteiger partial charge in [-0.05, 0) is 18.9 Å². The zero-order chi connectivity index (χ0) is 12.4. The SMILES string of the molecule is O=C(c1cnc2nsnc2c1)N1CCCCCC1. The molecule has 1 fully saturated rings. The van der Waals surface area contributed by atoms with Crippen LogP contribution in [0.2, 0.25) is 0 Å². The van der Waals surface area contributed by atoms with Gasteiger partial charge in [0.15, 0.2) is 5.65 Å². The third-order valence-electron chi connectivity index (χ3n) is 3.25. The van der Waals surface area contributed by atoms with Crippen LogP contribution in [-0.2, 0) is 0 Å². The van der Waals surface area contributed by atoms with Crippen molar-refractivity contribution in [2.24, 2.45) is 0 Å². The molecule has 1 aliphatic rings. The quantitative estimate of drug-likeness (QED) is 0.789. The molecule has 0 bridgehead atoms. The molecule has 0 saturated carbocycles. The van der Waals surface area contributed by atoms with Crippen molar-refractivity contribution in [3.05, 3.63) is 17.8 Å². The summed E-state index contributed by atoms with van der Waals surface area (Å²) >= 11 is 1.12. The summed E-state index contributed by atoms with van der Waals surface area (Å²) in [5, 5.41) is 0. The standard InChI is InChI=1S/C12H14N4OS/c17-12(16-5-3-1-2-4-6-16)9-7-10-11(13-8-9)15-18-14-10/h7-8H,1-6H2. The van der Waals surface area contributed by atoms with Crippen LogP contribution in [0.25, 0.3) is 11.2 Å². The van der Waals surface area contributed by atoms with E-state index < -0.39 is 0 Å². The van der Waals surface area contributed by atoms with Crippen molar-refractivity contribution < 1.29 is 4.79 Å². The molecule has 0 aliphatic carbocycles. The minimum atomic E-state index is 0.0688. The van der Waals surface area contributed by atoms with Gasteiger partial charge in [-0.1, -0.05) is 12.8 Å². The Hall–Kier alpha value is -1.56. The van der Waals surface area contributed by atoms with E-state index in [0.29, 0.717) is 16.7 Å². The predicted octanol–water partition coefficient (Wildman–Crippen LogP) is 2.10. The fourth-order valence-electron chi connectivity index (χ4n) is 2.26. The maximum atomic E-state index is 12.4. The van der Waals surface area contributed by atoms with Gasteiger partial charge in [-0.2, -0.15) is 8.75 Å². The maximum absolute atomic E-state index is 12.4. The Labute approximate surface area is 109 Å². The van der Waals surface area contributed by atoms with E-state index in [0.717, 1.165) is 37.7 Å². The highest BCUT2D eigenvalue weighted by molar-refractivity contribution is 7.00. The fraction of sp³-hybridized carbons (Fsp3) is 0.500. The zero-order valence-electron chi connectivity index (χ0n) is 10.0. The van der Waals surface area contributed by atoms with Crippen LogP contribution in [0.3, 0.4) is 0 Å². The van der Waals surface area contributed by atoms with Crippen LogP contribution in [-0.4, -0.2) is 37.6 Å². The summed E-state index contributed by atoms with van der Waals surface area (Å²) in [7, 11) is 0. The molecule has 0 N–H and O–H groups in total. The summed E-state index contributed by atoms with van der Waals surface area (Å²) in [5.41, 5.74) is 1.95. The fourth-order valence-corrected chi connectivity index (χ4v) is 2.74. The summed E-state index contributed by atoms with van der Waals surface area (Å²) in [4.78, 5) is 18.5. The first-order valence-corrected chi connectivity index (χ1v) is 6.95. The van der Waals surface area contributed by atoms with Gasteiger partial charge in [0.2, 0.25) is 0 Å². The lowest BCUT2D eigenvalue weighted by Crippen LogP contribution is -2.31. The molecule has 0 spiro atoms. The average Bonchev–Trinajstić information content (AvgIpc) is 2.69. The van der Waals surface area contributed by atoms with Gasteiger partial charge in [-0.15, -0.1) is 0 Å². The first kappa shape index (κ1) is 11.5. The summed E-state index contributed by atoms with van der Waals surface area (Å²) in [6.45, 7) is 1.71. The van der Waals surface area contributed by atoms with Crippen molar-refractivity contribution >= 4 is 28.8 Å². The second kappa shape index (κ2) is 4.97. The number of likely N-dealkylation sites (tertiary alicyclic amines) is 1. The molecule has 0 atom stereocenters. The van der Waals surface area contributed by atoms with Crippen molar-refractivity contribution in [2.45, 2.75) is 25.7 Å². The predicted molar refractivity (Wildman–Crippen MR) is 69.6 cm³/mol. The van der Waals surface area contributed by atoms with Gasteiger partial charge < -0.3 is 4.90 Å². The first-order chi connectivity index (χ1) is 8.84. The number of hydrogen-bond donors (Lipinski definition) is 0. The molecule has 0 radical (unpaired) electrons. The Morgan fingerprint density at radius 2 is 1.94 bits per heavy atom. The highest BCUT2D eigenvalue weighted by Gasteiger charge is 2.18. The monoisotopic (exact) mass is 262 g/mol. The molecule has 1 aliphatic heterocycles. The third kappa shape index (κ3) is 2.20. The summed E-state index contributed by atoms with van der Waals surface area (Å²) in [5.74, 6) is 0.0688. The lowest BCUT2D eigenvalue weighted by atomic mass is 10.2. The molecule has 5 nitrogen and oxygen atoms in total. The molecule has 2 aromatic heterocycles. The van der Waals surface area contributed by atoms with E-state index in [4.69, 9.17) is 0 Å². The van der Waals surface area contributed by atoms with E-state index in [1.165, 1.54) is 12.8 Å². The van der Waals surface area contributed by atoms with Gasteiger partial charge in [-0.25, -0.2) is 4.98 Å². The Morgan fingerprint density at radius 3 is 2.72 bits per heavy atom. The highest BCUT2D eigenvalue weighted by atomic mass is 32.1. The molecule has 2 aromatic rings. The van der Waals surface area contributed by atoms with Gasteiger partial charge >= 0.3 is 0 Å². The molecule has 1 saturated heterocycles. The van der Waals surface area contributed by atoms with Crippen LogP contribution >= 0.6 is 11.7 Å². The summed E-state index contributed by atoms with van der Waals surface area (Å²) < 4.78 is 8.16. The van der Waals surface area contributed by atoms with Gasteiger partial charge in [0, 0.05) is 19.3 Å². The van der Waals surface area contributed by atoms with Crippen molar-refractivity contribution in [3.8, 4) is 0 Å². The van der Waals surface area contributed by atoms with E-state index in [1.807, 2.05) is 4.90 Å². The lowest BCUT2D eigenvalue weighted by Gasteiger charge is -2.19. The Morgan fingerprint density at radius 1 is 1.17 bits per heavy atom. The third-order valence-corrected chi connectivity index (χ3v) is 3.79. The molecule has 0 unspecified atom stereocenters. The topological polar surface area (TPSA) is 59.0 Å². The lowest BCUT2D eigenvalue weighted by molar-refractivity contribution is 0.0761. The van der Waals surface area contributed by atoms with E-state index in [2.05, 4.69) is 13.7 Å². The van der Waals surface area contributed by atoms with Crippen molar-refractivity contribution in [1.29, 1.82) is 0 Å². The van der Waals surface area contributed by atoms with Gasteiger partial charge in [0.05, 0.1) is 17.3 Å². The molecular formula is C12H14N4OS. The van der Waals surface area contributed by atoms with E-state index in [1.54, 1.807) is 12.3 Å². The summed E-state index contributed by atoms with van der Waals surface area (Å²) in [6, 6.07) is 1.79. The van der Waals surface area contributed by atoms with Crippen molar-refractivity contribution in [3.63, 3.8) is 0 Å². The Kier molecular flexibility index (Phi) is 3.19. The molecule has 94 valence electrons. The van der Waals surface area contributed by atoms with E-state index in [9.17, 15) is 4.79 Å². The average molecular weight is 262 g/mol. The molecular weight excluding hydrogens is 248 g/mol. The van der Waals surface area contributed by atoms with Crippen LogP contribution in [0.5, 0.6) is 0 Å². The molecule has 0 aromatic carbocycles. The van der Waals surface area contributed by atoms with Crippen molar-refractivity contribution in [2.75, 3.05) is 13.1 Å². The molecule has 3 heterocycles. The highest BCUT2D eigenvalue weighted by Crippen LogP contribution is 2.15. The normalized spacial score (nSPS) is 16.8. The van der Waals surface area contributed by atoms with Gasteiger partial charge in [0.1, 0.15) is 5.52 Å². The first-order valence-electron chi connectivity index (χ1n) is 6.22. The number of carbonyl (C=O) groups is 1.